The van der Waals surface area contributed by atoms with Gasteiger partial charge in [-0.05, 0) is 47.5 Å². The van der Waals surface area contributed by atoms with Gasteiger partial charge in [0.1, 0.15) is 11.2 Å². The van der Waals surface area contributed by atoms with Crippen LogP contribution in [0.4, 0.5) is 0 Å². The minimum Gasteiger partial charge on any atom is -0.456 e. The highest BCUT2D eigenvalue weighted by molar-refractivity contribution is 6.62. The maximum Gasteiger partial charge on any atom is 0.492 e. The Morgan fingerprint density at radius 1 is 0.571 bits per heavy atom. The second-order valence-electron chi connectivity index (χ2n) is 8.83. The molecule has 0 aliphatic rings. The van der Waals surface area contributed by atoms with Crippen molar-refractivity contribution < 1.29 is 14.5 Å². The molecule has 0 atom stereocenters. The Morgan fingerprint density at radius 2 is 1.23 bits per heavy atom. The molecule has 0 spiro atoms. The highest BCUT2D eigenvalue weighted by Crippen LogP contribution is 2.36. The Kier molecular flexibility index (Phi) is 4.36. The van der Waals surface area contributed by atoms with E-state index in [2.05, 4.69) is 53.1 Å². The predicted molar refractivity (Wildman–Crippen MR) is 143 cm³/mol. The fourth-order valence-electron chi connectivity index (χ4n) is 5.22. The third kappa shape index (κ3) is 3.03. The lowest BCUT2D eigenvalue weighted by Gasteiger charge is -2.11. The molecule has 2 aromatic heterocycles. The summed E-state index contributed by atoms with van der Waals surface area (Å²) in [5, 5.41) is 24.7. The molecule has 0 saturated heterocycles. The van der Waals surface area contributed by atoms with Crippen LogP contribution in [0.2, 0.25) is 0 Å². The van der Waals surface area contributed by atoms with E-state index in [4.69, 9.17) is 4.42 Å². The van der Waals surface area contributed by atoms with Crippen LogP contribution in [0, 0.1) is 0 Å². The molecule has 0 aliphatic carbocycles. The molecule has 0 amide bonds. The molecular weight excluding hydrogens is 433 g/mol. The van der Waals surface area contributed by atoms with Gasteiger partial charge in [-0.25, -0.2) is 0 Å². The molecule has 7 rings (SSSR count). The largest absolute Gasteiger partial charge is 0.492 e. The van der Waals surface area contributed by atoms with Crippen LogP contribution >= 0.6 is 0 Å². The second kappa shape index (κ2) is 7.60. The molecule has 0 bridgehead atoms. The van der Waals surface area contributed by atoms with Crippen molar-refractivity contribution in [2.75, 3.05) is 0 Å². The first-order chi connectivity index (χ1) is 17.2. The van der Waals surface area contributed by atoms with Gasteiger partial charge in [0.25, 0.3) is 0 Å². The number of furan rings is 1. The van der Waals surface area contributed by atoms with Crippen LogP contribution in [-0.4, -0.2) is 21.7 Å². The molecule has 35 heavy (non-hydrogen) atoms. The number of rotatable bonds is 3. The molecule has 0 unspecified atom stereocenters. The zero-order chi connectivity index (χ0) is 23.5. The molecule has 0 aliphatic heterocycles. The summed E-state index contributed by atoms with van der Waals surface area (Å²) in [5.74, 6) is 0. The van der Waals surface area contributed by atoms with Gasteiger partial charge in [-0.3, -0.25) is 0 Å². The van der Waals surface area contributed by atoms with Crippen molar-refractivity contribution in [1.29, 1.82) is 0 Å². The summed E-state index contributed by atoms with van der Waals surface area (Å²) in [4.78, 5) is 0. The van der Waals surface area contributed by atoms with Gasteiger partial charge in [-0.15, -0.1) is 0 Å². The molecule has 4 nitrogen and oxygen atoms in total. The minimum absolute atomic E-state index is 0.344. The van der Waals surface area contributed by atoms with Crippen molar-refractivity contribution in [3.63, 3.8) is 0 Å². The topological polar surface area (TPSA) is 58.5 Å². The summed E-state index contributed by atoms with van der Waals surface area (Å²) >= 11 is 0. The Hall–Kier alpha value is -4.32. The Morgan fingerprint density at radius 3 is 1.91 bits per heavy atom. The van der Waals surface area contributed by atoms with Crippen LogP contribution in [0.1, 0.15) is 0 Å². The highest BCUT2D eigenvalue weighted by atomic mass is 16.4. The zero-order valence-electron chi connectivity index (χ0n) is 18.7. The van der Waals surface area contributed by atoms with Gasteiger partial charge in [0, 0.05) is 32.7 Å². The number of para-hydroxylation sites is 2. The summed E-state index contributed by atoms with van der Waals surface area (Å²) in [5.41, 5.74) is 6.71. The predicted octanol–water partition coefficient (Wildman–Crippen LogP) is 6.03. The van der Waals surface area contributed by atoms with Crippen LogP contribution in [-0.2, 0) is 0 Å². The highest BCUT2D eigenvalue weighted by Gasteiger charge is 2.23. The van der Waals surface area contributed by atoms with E-state index in [9.17, 15) is 10.0 Å². The second-order valence-corrected chi connectivity index (χ2v) is 8.83. The first-order valence-electron chi connectivity index (χ1n) is 11.6. The van der Waals surface area contributed by atoms with E-state index >= 15 is 0 Å². The maximum atomic E-state index is 10.3. The lowest BCUT2D eigenvalue weighted by molar-refractivity contribution is 0.425. The molecule has 5 aromatic carbocycles. The third-order valence-corrected chi connectivity index (χ3v) is 6.81. The lowest BCUT2D eigenvalue weighted by atomic mass is 9.79. The quantitative estimate of drug-likeness (QED) is 0.321. The first-order valence-corrected chi connectivity index (χ1v) is 11.6. The summed E-state index contributed by atoms with van der Waals surface area (Å²) in [7, 11) is -1.67. The van der Waals surface area contributed by atoms with Gasteiger partial charge in [0.05, 0.1) is 11.0 Å². The molecule has 7 aromatic rings. The van der Waals surface area contributed by atoms with Crippen molar-refractivity contribution in [1.82, 2.24) is 4.57 Å². The molecule has 0 saturated carbocycles. The molecule has 0 fully saturated rings. The fraction of sp³-hybridized carbons (Fsp3) is 0. The third-order valence-electron chi connectivity index (χ3n) is 6.81. The van der Waals surface area contributed by atoms with Crippen LogP contribution in [0.15, 0.2) is 114 Å². The van der Waals surface area contributed by atoms with Crippen molar-refractivity contribution in [2.24, 2.45) is 0 Å². The van der Waals surface area contributed by atoms with E-state index in [0.29, 0.717) is 16.6 Å². The number of fused-ring (bicyclic) bond motifs is 6. The van der Waals surface area contributed by atoms with E-state index in [1.165, 1.54) is 0 Å². The van der Waals surface area contributed by atoms with Crippen molar-refractivity contribution >= 4 is 56.3 Å². The van der Waals surface area contributed by atoms with Gasteiger partial charge in [-0.2, -0.15) is 0 Å². The first kappa shape index (κ1) is 20.1. The summed E-state index contributed by atoms with van der Waals surface area (Å²) in [6.07, 6.45) is 0. The van der Waals surface area contributed by atoms with Crippen molar-refractivity contribution in [2.45, 2.75) is 0 Å². The van der Waals surface area contributed by atoms with Crippen LogP contribution in [0.3, 0.4) is 0 Å². The number of benzene rings is 5. The molecule has 2 N–H and O–H groups in total. The molecule has 2 heterocycles. The van der Waals surface area contributed by atoms with Crippen LogP contribution in [0.5, 0.6) is 0 Å². The summed E-state index contributed by atoms with van der Waals surface area (Å²) < 4.78 is 8.33. The monoisotopic (exact) mass is 453 g/mol. The summed E-state index contributed by atoms with van der Waals surface area (Å²) in [6, 6.07) is 36.7. The molecular formula is C30H20BNO3. The van der Waals surface area contributed by atoms with Gasteiger partial charge in [-0.1, -0.05) is 72.8 Å². The number of nitrogens with zero attached hydrogens (tertiary/aromatic N) is 1. The fourth-order valence-corrected chi connectivity index (χ4v) is 5.22. The van der Waals surface area contributed by atoms with Crippen molar-refractivity contribution in [3.8, 4) is 16.8 Å². The molecule has 166 valence electrons. The Labute approximate surface area is 201 Å². The van der Waals surface area contributed by atoms with Crippen molar-refractivity contribution in [3.05, 3.63) is 109 Å². The van der Waals surface area contributed by atoms with Crippen LogP contribution in [0.25, 0.3) is 60.6 Å². The minimum atomic E-state index is -1.67. The zero-order valence-corrected chi connectivity index (χ0v) is 18.7. The normalized spacial score (nSPS) is 11.7. The van der Waals surface area contributed by atoms with E-state index in [1.54, 1.807) is 0 Å². The maximum absolute atomic E-state index is 10.3. The number of hydrogen-bond donors (Lipinski definition) is 2. The van der Waals surface area contributed by atoms with Gasteiger partial charge in [0.2, 0.25) is 0 Å². The Balaban J connectivity index is 1.58. The van der Waals surface area contributed by atoms with E-state index in [-0.39, 0.29) is 0 Å². The SMILES string of the molecule is OB(O)c1cc(-n2c3ccccc3c3ccccc32)cc2c1oc1ccc(-c3ccccc3)cc12. The van der Waals surface area contributed by atoms with Gasteiger partial charge < -0.3 is 19.0 Å². The van der Waals surface area contributed by atoms with E-state index < -0.39 is 7.12 Å². The summed E-state index contributed by atoms with van der Waals surface area (Å²) in [6.45, 7) is 0. The molecule has 0 radical (unpaired) electrons. The van der Waals surface area contributed by atoms with E-state index in [0.717, 1.165) is 49.4 Å². The van der Waals surface area contributed by atoms with Gasteiger partial charge in [0.15, 0.2) is 0 Å². The standard InChI is InChI=1S/C30H20BNO3/c33-31(34)26-18-21(32-27-12-6-4-10-22(27)23-11-5-7-13-28(23)32)17-25-24-16-20(19-8-2-1-3-9-19)14-15-29(24)35-30(25)26/h1-18,33-34H. The lowest BCUT2D eigenvalue weighted by Crippen LogP contribution is -2.30. The molecule has 5 heteroatoms. The van der Waals surface area contributed by atoms with Gasteiger partial charge >= 0.3 is 7.12 Å². The number of aromatic nitrogens is 1. The number of hydrogen-bond acceptors (Lipinski definition) is 3. The Bertz CT molecular complexity index is 1830. The van der Waals surface area contributed by atoms with Crippen LogP contribution < -0.4 is 5.46 Å². The van der Waals surface area contributed by atoms with E-state index in [1.807, 2.05) is 60.7 Å². The smallest absolute Gasteiger partial charge is 0.456 e. The average molecular weight is 453 g/mol. The average Bonchev–Trinajstić information content (AvgIpc) is 3.44.